The molecule has 2 heterocycles. The molecule has 188 valence electrons. The zero-order valence-corrected chi connectivity index (χ0v) is 19.1. The fraction of sp³-hybridized carbons (Fsp3) is 0. The van der Waals surface area contributed by atoms with Gasteiger partial charge >= 0.3 is 11.9 Å². The first-order chi connectivity index (χ1) is 18.2. The molecule has 4 rings (SSSR count). The monoisotopic (exact) mass is 512 g/mol. The van der Waals surface area contributed by atoms with Crippen molar-refractivity contribution in [3.63, 3.8) is 0 Å². The molecule has 0 atom stereocenters. The zero-order valence-electron chi connectivity index (χ0n) is 19.1. The van der Waals surface area contributed by atoms with Crippen LogP contribution in [0.15, 0.2) is 66.0 Å². The van der Waals surface area contributed by atoms with Gasteiger partial charge in [-0.25, -0.2) is 24.8 Å². The Labute approximate surface area is 212 Å². The molecule has 14 heteroatoms. The lowest BCUT2D eigenvalue weighted by molar-refractivity contribution is 0.0682. The number of nitrogens with zero attached hydrogens (tertiary/aromatic N) is 6. The maximum atomic E-state index is 11.3. The molecule has 0 fully saturated rings. The smallest absolute Gasteiger partial charge is 0.339 e. The third-order valence-corrected chi connectivity index (χ3v) is 5.17. The number of hydrogen-bond donors (Lipinski definition) is 6. The van der Waals surface area contributed by atoms with E-state index in [1.165, 1.54) is 65.6 Å². The highest BCUT2D eigenvalue weighted by molar-refractivity contribution is 5.92. The predicted octanol–water partition coefficient (Wildman–Crippen LogP) is 3.45. The number of rotatable bonds is 8. The minimum Gasteiger partial charge on any atom is -0.507 e. The molecular weight excluding hydrogens is 496 g/mol. The first-order valence-corrected chi connectivity index (χ1v) is 10.5. The lowest BCUT2D eigenvalue weighted by atomic mass is 10.1. The summed E-state index contributed by atoms with van der Waals surface area (Å²) < 4.78 is 1.26. The van der Waals surface area contributed by atoms with Crippen molar-refractivity contribution in [3.05, 3.63) is 83.3 Å². The van der Waals surface area contributed by atoms with Gasteiger partial charge in [-0.1, -0.05) is 5.21 Å². The van der Waals surface area contributed by atoms with Crippen LogP contribution in [0.2, 0.25) is 0 Å². The second-order valence-corrected chi connectivity index (χ2v) is 7.62. The Bertz CT molecular complexity index is 1670. The van der Waals surface area contributed by atoms with E-state index in [2.05, 4.69) is 25.7 Å². The number of aromatic hydroxyl groups is 2. The van der Waals surface area contributed by atoms with E-state index < -0.39 is 23.4 Å². The average Bonchev–Trinajstić information content (AvgIpc) is 3.40. The Hall–Kier alpha value is -6.10. The predicted molar refractivity (Wildman–Crippen MR) is 130 cm³/mol. The van der Waals surface area contributed by atoms with E-state index in [1.807, 2.05) is 6.07 Å². The molecule has 0 radical (unpaired) electrons. The van der Waals surface area contributed by atoms with E-state index in [1.54, 1.807) is 0 Å². The SMILES string of the molecule is N#Cc1cc(/C(=C/Nc2ccc(O)c(C(=O)O)c2)N=N)nc(-c2cn(-c3ccc(O)c(C(=O)O)c3)nn2)c1. The molecule has 14 nitrogen and oxygen atoms in total. The van der Waals surface area contributed by atoms with E-state index in [0.29, 0.717) is 5.69 Å². The summed E-state index contributed by atoms with van der Waals surface area (Å²) in [6.07, 6.45) is 2.72. The first kappa shape index (κ1) is 25.0. The molecule has 0 aliphatic carbocycles. The summed E-state index contributed by atoms with van der Waals surface area (Å²) in [5.41, 5.74) is 8.20. The van der Waals surface area contributed by atoms with Gasteiger partial charge in [0, 0.05) is 11.9 Å². The minimum absolute atomic E-state index is 0.00896. The van der Waals surface area contributed by atoms with Gasteiger partial charge < -0.3 is 25.7 Å². The van der Waals surface area contributed by atoms with Gasteiger partial charge in [0.05, 0.1) is 34.9 Å². The molecule has 0 aliphatic rings. The summed E-state index contributed by atoms with van der Waals surface area (Å²) in [5.74, 6) is -3.47. The number of nitriles is 1. The van der Waals surface area contributed by atoms with Crippen LogP contribution in [0.3, 0.4) is 0 Å². The molecule has 4 aromatic rings. The largest absolute Gasteiger partial charge is 0.507 e. The van der Waals surface area contributed by atoms with Crippen molar-refractivity contribution in [2.75, 3.05) is 5.32 Å². The molecule has 0 saturated heterocycles. The highest BCUT2D eigenvalue weighted by Crippen LogP contribution is 2.26. The minimum atomic E-state index is -1.33. The van der Waals surface area contributed by atoms with Crippen molar-refractivity contribution in [2.45, 2.75) is 0 Å². The number of carboxylic acids is 2. The van der Waals surface area contributed by atoms with Crippen molar-refractivity contribution < 1.29 is 30.0 Å². The second-order valence-electron chi connectivity index (χ2n) is 7.62. The van der Waals surface area contributed by atoms with Gasteiger partial charge in [0.1, 0.15) is 34.0 Å². The van der Waals surface area contributed by atoms with E-state index >= 15 is 0 Å². The second kappa shape index (κ2) is 10.3. The van der Waals surface area contributed by atoms with Crippen LogP contribution in [-0.2, 0) is 0 Å². The summed E-state index contributed by atoms with van der Waals surface area (Å²) in [7, 11) is 0. The third-order valence-electron chi connectivity index (χ3n) is 5.17. The number of aromatic nitrogens is 4. The van der Waals surface area contributed by atoms with E-state index in [-0.39, 0.29) is 45.2 Å². The topological polar surface area (TPSA) is 231 Å². The van der Waals surface area contributed by atoms with E-state index in [0.717, 1.165) is 0 Å². The van der Waals surface area contributed by atoms with Crippen LogP contribution >= 0.6 is 0 Å². The molecule has 0 amide bonds. The quantitative estimate of drug-likeness (QED) is 0.148. The van der Waals surface area contributed by atoms with Gasteiger partial charge in [0.25, 0.3) is 0 Å². The summed E-state index contributed by atoms with van der Waals surface area (Å²) in [6, 6.07) is 12.5. The number of benzene rings is 2. The lowest BCUT2D eigenvalue weighted by Gasteiger charge is -2.07. The number of carboxylic acid groups (broad SMARTS) is 2. The Morgan fingerprint density at radius 2 is 1.68 bits per heavy atom. The highest BCUT2D eigenvalue weighted by Gasteiger charge is 2.15. The molecule has 0 bridgehead atoms. The maximum absolute atomic E-state index is 11.3. The van der Waals surface area contributed by atoms with Crippen molar-refractivity contribution in [3.8, 4) is 34.6 Å². The number of pyridine rings is 1. The van der Waals surface area contributed by atoms with E-state index in [9.17, 15) is 35.3 Å². The number of phenols is 2. The maximum Gasteiger partial charge on any atom is 0.339 e. The molecule has 0 saturated carbocycles. The molecular formula is C24H16N8O6. The van der Waals surface area contributed by atoms with Crippen LogP contribution in [0.4, 0.5) is 5.69 Å². The Kier molecular flexibility index (Phi) is 6.75. The number of anilines is 1. The fourth-order valence-electron chi connectivity index (χ4n) is 3.32. The standard InChI is InChI=1S/C24H16N8O6/c25-9-12-5-17(19(29-26)10-27-13-1-3-21(33)15(7-13)23(35)36)28-18(6-12)20-11-32(31-30-20)14-2-4-22(34)16(8-14)24(37)38/h1-8,10-11,26-27,33-34H,(H,35,36)(H,37,38)/b19-10-,29-26?. The lowest BCUT2D eigenvalue weighted by Crippen LogP contribution is -2.01. The summed E-state index contributed by atoms with van der Waals surface area (Å²) >= 11 is 0. The van der Waals surface area contributed by atoms with Crippen molar-refractivity contribution >= 4 is 23.3 Å². The average molecular weight is 512 g/mol. The number of hydrogen-bond acceptors (Lipinski definition) is 11. The summed E-state index contributed by atoms with van der Waals surface area (Å²) in [5, 5.41) is 61.5. The van der Waals surface area contributed by atoms with Gasteiger partial charge in [0.15, 0.2) is 0 Å². The van der Waals surface area contributed by atoms with Crippen LogP contribution in [0.1, 0.15) is 32.0 Å². The summed E-state index contributed by atoms with van der Waals surface area (Å²) in [6.45, 7) is 0. The molecule has 6 N–H and O–H groups in total. The molecule has 0 spiro atoms. The van der Waals surface area contributed by atoms with Gasteiger partial charge in [-0.2, -0.15) is 10.4 Å². The van der Waals surface area contributed by atoms with Crippen molar-refractivity contribution in [1.29, 1.82) is 10.8 Å². The number of aromatic carboxylic acids is 2. The van der Waals surface area contributed by atoms with E-state index in [4.69, 9.17) is 5.53 Å². The first-order valence-electron chi connectivity index (χ1n) is 10.5. The van der Waals surface area contributed by atoms with Crippen LogP contribution in [0.25, 0.3) is 22.8 Å². The van der Waals surface area contributed by atoms with Gasteiger partial charge in [-0.15, -0.1) is 5.10 Å². The molecule has 0 unspecified atom stereocenters. The Morgan fingerprint density at radius 3 is 2.34 bits per heavy atom. The molecule has 2 aromatic heterocycles. The van der Waals surface area contributed by atoms with Gasteiger partial charge in [-0.3, -0.25) is 0 Å². The normalized spacial score (nSPS) is 11.0. The third kappa shape index (κ3) is 5.11. The Morgan fingerprint density at radius 1 is 1.00 bits per heavy atom. The highest BCUT2D eigenvalue weighted by atomic mass is 16.4. The van der Waals surface area contributed by atoms with Crippen LogP contribution < -0.4 is 5.32 Å². The number of carbonyl (C=O) groups is 2. The molecule has 38 heavy (non-hydrogen) atoms. The van der Waals surface area contributed by atoms with Crippen molar-refractivity contribution in [2.24, 2.45) is 5.11 Å². The van der Waals surface area contributed by atoms with Crippen LogP contribution in [-0.4, -0.2) is 52.3 Å². The van der Waals surface area contributed by atoms with Crippen LogP contribution in [0.5, 0.6) is 11.5 Å². The van der Waals surface area contributed by atoms with Crippen molar-refractivity contribution in [1.82, 2.24) is 20.0 Å². The summed E-state index contributed by atoms with van der Waals surface area (Å²) in [4.78, 5) is 27.0. The zero-order chi connectivity index (χ0) is 27.4. The van der Waals surface area contributed by atoms with Gasteiger partial charge in [-0.05, 0) is 48.5 Å². The Balaban J connectivity index is 1.68. The number of nitrogens with one attached hydrogen (secondary N) is 2. The molecule has 0 aliphatic heterocycles. The van der Waals surface area contributed by atoms with Gasteiger partial charge in [0.2, 0.25) is 0 Å². The molecule has 2 aromatic carbocycles. The fourth-order valence-corrected chi connectivity index (χ4v) is 3.32. The van der Waals surface area contributed by atoms with Crippen LogP contribution in [0, 0.1) is 16.9 Å².